The van der Waals surface area contributed by atoms with Crippen molar-refractivity contribution in [2.45, 2.75) is 39.3 Å². The van der Waals surface area contributed by atoms with Gasteiger partial charge in [-0.3, -0.25) is 0 Å². The van der Waals surface area contributed by atoms with Crippen molar-refractivity contribution < 1.29 is 27.8 Å². The highest BCUT2D eigenvalue weighted by Crippen LogP contribution is 2.28. The summed E-state index contributed by atoms with van der Waals surface area (Å²) in [4.78, 5) is 30.2. The predicted molar refractivity (Wildman–Crippen MR) is 109 cm³/mol. The third-order valence-corrected chi connectivity index (χ3v) is 5.10. The van der Waals surface area contributed by atoms with Crippen molar-refractivity contribution in [1.29, 1.82) is 0 Å². The zero-order valence-electron chi connectivity index (χ0n) is 17.3. The van der Waals surface area contributed by atoms with E-state index < -0.39 is 12.6 Å². The number of nitrogens with zero attached hydrogens (tertiary/aromatic N) is 3. The van der Waals surface area contributed by atoms with Crippen molar-refractivity contribution in [3.8, 4) is 5.75 Å². The quantitative estimate of drug-likeness (QED) is 0.670. The number of rotatable bonds is 6. The normalized spacial score (nSPS) is 14.5. The fraction of sp³-hybridized carbons (Fsp3) is 0.450. The maximum atomic E-state index is 12.6. The van der Waals surface area contributed by atoms with Crippen LogP contribution in [0.25, 0.3) is 0 Å². The summed E-state index contributed by atoms with van der Waals surface area (Å²) in [6, 6.07) is 4.25. The summed E-state index contributed by atoms with van der Waals surface area (Å²) in [5.41, 5.74) is 7.06. The minimum absolute atomic E-state index is 0.00912. The molecule has 3 N–H and O–H groups in total. The van der Waals surface area contributed by atoms with E-state index in [2.05, 4.69) is 15.0 Å². The number of nitrogens with one attached hydrogen (secondary N) is 1. The molecule has 31 heavy (non-hydrogen) atoms. The molecule has 2 amide bonds. The number of aromatic nitrogens is 2. The van der Waals surface area contributed by atoms with Crippen LogP contribution in [0.2, 0.25) is 0 Å². The Morgan fingerprint density at radius 3 is 2.68 bits per heavy atom. The first-order valence-corrected chi connectivity index (χ1v) is 9.91. The smallest absolute Gasteiger partial charge is 0.387 e. The number of aryl methyl sites for hydroxylation is 1. The van der Waals surface area contributed by atoms with Crippen LogP contribution in [0.1, 0.15) is 41.9 Å². The van der Waals surface area contributed by atoms with Crippen LogP contribution in [0.4, 0.5) is 25.1 Å². The van der Waals surface area contributed by atoms with E-state index in [0.717, 1.165) is 0 Å². The molecule has 0 spiro atoms. The van der Waals surface area contributed by atoms with Crippen molar-refractivity contribution in [1.82, 2.24) is 14.5 Å². The Kier molecular flexibility index (Phi) is 6.93. The van der Waals surface area contributed by atoms with E-state index in [9.17, 15) is 18.4 Å². The van der Waals surface area contributed by atoms with Crippen molar-refractivity contribution >= 4 is 23.5 Å². The first-order valence-electron chi connectivity index (χ1n) is 9.91. The van der Waals surface area contributed by atoms with Gasteiger partial charge in [-0.1, -0.05) is 6.07 Å². The molecule has 168 valence electrons. The second-order valence-electron chi connectivity index (χ2n) is 7.11. The maximum absolute atomic E-state index is 12.6. The number of hydrogen-bond donors (Lipinski definition) is 2. The van der Waals surface area contributed by atoms with Gasteiger partial charge in [0.1, 0.15) is 11.6 Å². The summed E-state index contributed by atoms with van der Waals surface area (Å²) in [5, 5.41) is 2.71. The number of amides is 2. The molecule has 0 saturated carbocycles. The Morgan fingerprint density at radius 2 is 2.03 bits per heavy atom. The number of hydrogen-bond acceptors (Lipinski definition) is 6. The number of halogens is 2. The lowest BCUT2D eigenvalue weighted by Gasteiger charge is -2.33. The van der Waals surface area contributed by atoms with E-state index in [1.54, 1.807) is 35.4 Å². The molecule has 1 aromatic heterocycles. The van der Waals surface area contributed by atoms with Crippen LogP contribution >= 0.6 is 0 Å². The number of nitrogens with two attached hydrogens (primary N) is 1. The van der Waals surface area contributed by atoms with Gasteiger partial charge in [-0.15, -0.1) is 0 Å². The molecule has 11 heteroatoms. The summed E-state index contributed by atoms with van der Waals surface area (Å²) in [6.07, 6.45) is 2.74. The van der Waals surface area contributed by atoms with Crippen molar-refractivity contribution in [2.24, 2.45) is 0 Å². The second kappa shape index (κ2) is 9.63. The summed E-state index contributed by atoms with van der Waals surface area (Å²) < 4.78 is 36.2. The molecule has 0 bridgehead atoms. The van der Waals surface area contributed by atoms with Gasteiger partial charge in [0.05, 0.1) is 12.9 Å². The van der Waals surface area contributed by atoms with Crippen LogP contribution in [0.5, 0.6) is 5.75 Å². The Bertz CT molecular complexity index is 942. The highest BCUT2D eigenvalue weighted by atomic mass is 19.3. The van der Waals surface area contributed by atoms with E-state index in [4.69, 9.17) is 10.5 Å². The van der Waals surface area contributed by atoms with E-state index in [0.29, 0.717) is 37.2 Å². The zero-order chi connectivity index (χ0) is 22.5. The molecule has 3 rings (SSSR count). The third kappa shape index (κ3) is 5.22. The average molecular weight is 437 g/mol. The topological polar surface area (TPSA) is 112 Å². The highest BCUT2D eigenvalue weighted by molar-refractivity contribution is 5.92. The van der Waals surface area contributed by atoms with Gasteiger partial charge in [0.15, 0.2) is 5.69 Å². The Hall–Kier alpha value is -3.37. The van der Waals surface area contributed by atoms with Crippen molar-refractivity contribution in [3.05, 3.63) is 35.8 Å². The maximum Gasteiger partial charge on any atom is 0.387 e. The Morgan fingerprint density at radius 1 is 1.32 bits per heavy atom. The Balaban J connectivity index is 1.59. The molecule has 0 radical (unpaired) electrons. The number of ether oxygens (including phenoxy) is 2. The molecule has 9 nitrogen and oxygen atoms in total. The second-order valence-corrected chi connectivity index (χ2v) is 7.11. The van der Waals surface area contributed by atoms with E-state index in [1.807, 2.05) is 0 Å². The molecule has 1 aliphatic rings. The number of nitrogen functional groups attached to an aromatic ring is 1. The van der Waals surface area contributed by atoms with Gasteiger partial charge < -0.3 is 30.0 Å². The largest absolute Gasteiger partial charge is 0.461 e. The molecule has 2 heterocycles. The highest BCUT2D eigenvalue weighted by Gasteiger charge is 2.27. The summed E-state index contributed by atoms with van der Waals surface area (Å²) in [6.45, 7) is 1.54. The van der Waals surface area contributed by atoms with Gasteiger partial charge in [0, 0.05) is 30.9 Å². The monoisotopic (exact) mass is 437 g/mol. The lowest BCUT2D eigenvalue weighted by atomic mass is 10.1. The van der Waals surface area contributed by atoms with Gasteiger partial charge in [-0.2, -0.15) is 8.78 Å². The summed E-state index contributed by atoms with van der Waals surface area (Å²) in [5.74, 6) is -0.309. The predicted octanol–water partition coefficient (Wildman–Crippen LogP) is 3.42. The third-order valence-electron chi connectivity index (χ3n) is 5.10. The number of anilines is 2. The molecule has 0 unspecified atom stereocenters. The first-order chi connectivity index (χ1) is 14.8. The van der Waals surface area contributed by atoms with Gasteiger partial charge >= 0.3 is 18.6 Å². The summed E-state index contributed by atoms with van der Waals surface area (Å²) >= 11 is 0. The van der Waals surface area contributed by atoms with Crippen LogP contribution in [-0.4, -0.2) is 52.8 Å². The number of urea groups is 1. The minimum atomic E-state index is -2.94. The van der Waals surface area contributed by atoms with E-state index >= 15 is 0 Å². The van der Waals surface area contributed by atoms with Gasteiger partial charge in [-0.05, 0) is 38.3 Å². The fourth-order valence-corrected chi connectivity index (χ4v) is 3.47. The van der Waals surface area contributed by atoms with Gasteiger partial charge in [-0.25, -0.2) is 14.6 Å². The summed E-state index contributed by atoms with van der Waals surface area (Å²) in [7, 11) is 0. The van der Waals surface area contributed by atoms with Crippen molar-refractivity contribution in [2.75, 3.05) is 30.7 Å². The first kappa shape index (κ1) is 22.3. The molecular weight excluding hydrogens is 412 g/mol. The number of benzene rings is 1. The van der Waals surface area contributed by atoms with Crippen molar-refractivity contribution in [3.63, 3.8) is 0 Å². The lowest BCUT2D eigenvalue weighted by molar-refractivity contribution is -0.0502. The molecule has 0 atom stereocenters. The Labute approximate surface area is 178 Å². The molecule has 1 fully saturated rings. The minimum Gasteiger partial charge on any atom is -0.461 e. The SMILES string of the molecule is CCOC(=O)c1ncn(C2CCN(C(=O)Nc3ccc(C)c(OC(F)F)c3)CC2)c1N. The number of piperidine rings is 1. The van der Waals surface area contributed by atoms with Crippen LogP contribution in [0, 0.1) is 6.92 Å². The number of alkyl halides is 2. The number of carbonyl (C=O) groups is 2. The van der Waals surface area contributed by atoms with Crippen LogP contribution in [0.15, 0.2) is 24.5 Å². The van der Waals surface area contributed by atoms with Crippen LogP contribution in [0.3, 0.4) is 0 Å². The number of esters is 1. The standard InChI is InChI=1S/C20H25F2N5O4/c1-3-30-18(28)16-17(23)27(11-24-16)14-6-8-26(9-7-14)20(29)25-13-5-4-12(2)15(10-13)31-19(21)22/h4-5,10-11,14,19H,3,6-9,23H2,1-2H3,(H,25,29). The molecule has 1 aliphatic heterocycles. The van der Waals surface area contributed by atoms with Gasteiger partial charge in [0.2, 0.25) is 0 Å². The molecular formula is C20H25F2N5O4. The molecule has 2 aromatic rings. The number of imidazole rings is 1. The van der Waals surface area contributed by atoms with Crippen LogP contribution in [-0.2, 0) is 4.74 Å². The van der Waals surface area contributed by atoms with E-state index in [-0.39, 0.29) is 35.9 Å². The fourth-order valence-electron chi connectivity index (χ4n) is 3.47. The number of carbonyl (C=O) groups excluding carboxylic acids is 2. The molecule has 0 aliphatic carbocycles. The molecule has 1 aromatic carbocycles. The lowest BCUT2D eigenvalue weighted by Crippen LogP contribution is -2.41. The van der Waals surface area contributed by atoms with E-state index in [1.165, 1.54) is 12.4 Å². The average Bonchev–Trinajstić information content (AvgIpc) is 3.12. The zero-order valence-corrected chi connectivity index (χ0v) is 17.3. The van der Waals surface area contributed by atoms with Crippen LogP contribution < -0.4 is 15.8 Å². The molecule has 1 saturated heterocycles. The van der Waals surface area contributed by atoms with Gasteiger partial charge in [0.25, 0.3) is 0 Å². The number of likely N-dealkylation sites (tertiary alicyclic amines) is 1.